The second-order valence-corrected chi connectivity index (χ2v) is 5.63. The molecule has 2 rings (SSSR count). The highest BCUT2D eigenvalue weighted by Crippen LogP contribution is 2.10. The minimum absolute atomic E-state index is 0.321. The van der Waals surface area contributed by atoms with E-state index in [1.54, 1.807) is 6.07 Å². The van der Waals surface area contributed by atoms with Crippen LogP contribution < -0.4 is 5.32 Å². The SMILES string of the molecule is COC(=O)c1ccc(CNCC(C)CN2CCCC2)[nH]1. The Balaban J connectivity index is 1.67. The van der Waals surface area contributed by atoms with Gasteiger partial charge in [0.25, 0.3) is 0 Å². The molecule has 1 aromatic rings. The second-order valence-electron chi connectivity index (χ2n) is 5.63. The number of hydrogen-bond acceptors (Lipinski definition) is 4. The first-order valence-corrected chi connectivity index (χ1v) is 7.38. The van der Waals surface area contributed by atoms with E-state index in [2.05, 4.69) is 26.9 Å². The molecule has 1 saturated heterocycles. The van der Waals surface area contributed by atoms with E-state index in [0.717, 1.165) is 18.8 Å². The second kappa shape index (κ2) is 7.45. The molecule has 2 heterocycles. The number of aromatic nitrogens is 1. The van der Waals surface area contributed by atoms with Crippen molar-refractivity contribution in [1.29, 1.82) is 0 Å². The highest BCUT2D eigenvalue weighted by atomic mass is 16.5. The maximum Gasteiger partial charge on any atom is 0.354 e. The number of methoxy groups -OCH3 is 1. The molecule has 0 spiro atoms. The Kier molecular flexibility index (Phi) is 5.61. The summed E-state index contributed by atoms with van der Waals surface area (Å²) in [6, 6.07) is 3.68. The number of carbonyl (C=O) groups is 1. The van der Waals surface area contributed by atoms with E-state index < -0.39 is 0 Å². The van der Waals surface area contributed by atoms with Crippen LogP contribution in [0.2, 0.25) is 0 Å². The molecule has 1 atom stereocenters. The highest BCUT2D eigenvalue weighted by Gasteiger charge is 2.14. The third kappa shape index (κ3) is 4.35. The molecular formula is C15H25N3O2. The van der Waals surface area contributed by atoms with Crippen molar-refractivity contribution < 1.29 is 9.53 Å². The average Bonchev–Trinajstić information content (AvgIpc) is 3.09. The van der Waals surface area contributed by atoms with Crippen LogP contribution >= 0.6 is 0 Å². The standard InChI is InChI=1S/C15H25N3O2/c1-12(11-18-7-3-4-8-18)9-16-10-13-5-6-14(17-13)15(19)20-2/h5-6,12,16-17H,3-4,7-11H2,1-2H3. The van der Waals surface area contributed by atoms with Gasteiger partial charge >= 0.3 is 5.97 Å². The van der Waals surface area contributed by atoms with E-state index in [-0.39, 0.29) is 5.97 Å². The molecule has 1 aliphatic rings. The fourth-order valence-electron chi connectivity index (χ4n) is 2.70. The molecular weight excluding hydrogens is 254 g/mol. The molecule has 1 aliphatic heterocycles. The van der Waals surface area contributed by atoms with Gasteiger partial charge in [0.1, 0.15) is 5.69 Å². The Morgan fingerprint density at radius 2 is 2.20 bits per heavy atom. The van der Waals surface area contributed by atoms with Gasteiger partial charge in [-0.25, -0.2) is 4.79 Å². The predicted molar refractivity (Wildman–Crippen MR) is 78.7 cm³/mol. The first-order valence-electron chi connectivity index (χ1n) is 7.38. The molecule has 5 heteroatoms. The van der Waals surface area contributed by atoms with Crippen LogP contribution in [-0.4, -0.2) is 49.1 Å². The van der Waals surface area contributed by atoms with Gasteiger partial charge in [0.15, 0.2) is 0 Å². The van der Waals surface area contributed by atoms with Crippen molar-refractivity contribution in [3.05, 3.63) is 23.5 Å². The largest absolute Gasteiger partial charge is 0.464 e. The van der Waals surface area contributed by atoms with E-state index in [1.807, 2.05) is 6.07 Å². The first-order chi connectivity index (χ1) is 9.69. The van der Waals surface area contributed by atoms with Gasteiger partial charge in [0.2, 0.25) is 0 Å². The number of likely N-dealkylation sites (tertiary alicyclic amines) is 1. The summed E-state index contributed by atoms with van der Waals surface area (Å²) in [5.74, 6) is 0.321. The molecule has 0 aliphatic carbocycles. The number of esters is 1. The quantitative estimate of drug-likeness (QED) is 0.745. The van der Waals surface area contributed by atoms with E-state index >= 15 is 0 Å². The zero-order chi connectivity index (χ0) is 14.4. The van der Waals surface area contributed by atoms with E-state index in [9.17, 15) is 4.79 Å². The van der Waals surface area contributed by atoms with Gasteiger partial charge in [-0.2, -0.15) is 0 Å². The average molecular weight is 279 g/mol. The van der Waals surface area contributed by atoms with Crippen molar-refractivity contribution in [1.82, 2.24) is 15.2 Å². The summed E-state index contributed by atoms with van der Waals surface area (Å²) in [6.45, 7) is 7.70. The summed E-state index contributed by atoms with van der Waals surface area (Å²) in [6.07, 6.45) is 2.69. The Bertz CT molecular complexity index is 425. The monoisotopic (exact) mass is 279 g/mol. The van der Waals surface area contributed by atoms with E-state index in [0.29, 0.717) is 11.6 Å². The number of carbonyl (C=O) groups excluding carboxylic acids is 1. The Labute approximate surface area is 120 Å². The molecule has 1 unspecified atom stereocenters. The Hall–Kier alpha value is -1.33. The summed E-state index contributed by atoms with van der Waals surface area (Å²) in [5.41, 5.74) is 1.52. The van der Waals surface area contributed by atoms with Crippen LogP contribution in [0.4, 0.5) is 0 Å². The number of rotatable bonds is 7. The lowest BCUT2D eigenvalue weighted by Gasteiger charge is -2.20. The van der Waals surface area contributed by atoms with Gasteiger partial charge in [-0.3, -0.25) is 0 Å². The van der Waals surface area contributed by atoms with Gasteiger partial charge in [-0.05, 0) is 50.5 Å². The van der Waals surface area contributed by atoms with Crippen LogP contribution in [-0.2, 0) is 11.3 Å². The fourth-order valence-corrected chi connectivity index (χ4v) is 2.70. The van der Waals surface area contributed by atoms with Gasteiger partial charge in [-0.1, -0.05) is 6.92 Å². The lowest BCUT2D eigenvalue weighted by atomic mass is 10.1. The van der Waals surface area contributed by atoms with Crippen molar-refractivity contribution in [3.63, 3.8) is 0 Å². The molecule has 1 fully saturated rings. The molecule has 0 radical (unpaired) electrons. The molecule has 20 heavy (non-hydrogen) atoms. The topological polar surface area (TPSA) is 57.4 Å². The van der Waals surface area contributed by atoms with Gasteiger partial charge < -0.3 is 19.9 Å². The molecule has 2 N–H and O–H groups in total. The summed E-state index contributed by atoms with van der Waals surface area (Å²) in [4.78, 5) is 16.9. The van der Waals surface area contributed by atoms with Crippen molar-refractivity contribution >= 4 is 5.97 Å². The van der Waals surface area contributed by atoms with Crippen LogP contribution in [0.25, 0.3) is 0 Å². The van der Waals surface area contributed by atoms with Crippen LogP contribution in [0, 0.1) is 5.92 Å². The molecule has 0 saturated carbocycles. The normalized spacial score (nSPS) is 17.3. The van der Waals surface area contributed by atoms with Crippen LogP contribution in [0.15, 0.2) is 12.1 Å². The summed E-state index contributed by atoms with van der Waals surface area (Å²) in [7, 11) is 1.39. The number of nitrogens with one attached hydrogen (secondary N) is 2. The number of ether oxygens (including phenoxy) is 1. The number of H-pyrrole nitrogens is 1. The maximum absolute atomic E-state index is 11.3. The lowest BCUT2D eigenvalue weighted by Crippen LogP contribution is -2.31. The number of nitrogens with zero attached hydrogens (tertiary/aromatic N) is 1. The lowest BCUT2D eigenvalue weighted by molar-refractivity contribution is 0.0594. The minimum Gasteiger partial charge on any atom is -0.464 e. The molecule has 0 aromatic carbocycles. The number of hydrogen-bond donors (Lipinski definition) is 2. The van der Waals surface area contributed by atoms with Crippen LogP contribution in [0.3, 0.4) is 0 Å². The van der Waals surface area contributed by atoms with Gasteiger partial charge in [0.05, 0.1) is 7.11 Å². The predicted octanol–water partition coefficient (Wildman–Crippen LogP) is 1.62. The molecule has 0 amide bonds. The summed E-state index contributed by atoms with van der Waals surface area (Å²) < 4.78 is 4.67. The minimum atomic E-state index is -0.321. The van der Waals surface area contributed by atoms with E-state index in [1.165, 1.54) is 39.6 Å². The van der Waals surface area contributed by atoms with Crippen molar-refractivity contribution in [2.45, 2.75) is 26.3 Å². The summed E-state index contributed by atoms with van der Waals surface area (Å²) in [5, 5.41) is 3.44. The Morgan fingerprint density at radius 3 is 2.90 bits per heavy atom. The zero-order valence-corrected chi connectivity index (χ0v) is 12.4. The van der Waals surface area contributed by atoms with Gasteiger partial charge in [0, 0.05) is 18.8 Å². The maximum atomic E-state index is 11.3. The molecule has 1 aromatic heterocycles. The van der Waals surface area contributed by atoms with E-state index in [4.69, 9.17) is 0 Å². The molecule has 112 valence electrons. The third-order valence-corrected chi connectivity index (χ3v) is 3.73. The number of aromatic amines is 1. The van der Waals surface area contributed by atoms with Crippen LogP contribution in [0.5, 0.6) is 0 Å². The van der Waals surface area contributed by atoms with Crippen molar-refractivity contribution in [2.75, 3.05) is 33.3 Å². The van der Waals surface area contributed by atoms with Crippen molar-refractivity contribution in [3.8, 4) is 0 Å². The first kappa shape index (κ1) is 15.1. The fraction of sp³-hybridized carbons (Fsp3) is 0.667. The van der Waals surface area contributed by atoms with Crippen LogP contribution in [0.1, 0.15) is 35.9 Å². The highest BCUT2D eigenvalue weighted by molar-refractivity contribution is 5.87. The summed E-state index contributed by atoms with van der Waals surface area (Å²) >= 11 is 0. The smallest absolute Gasteiger partial charge is 0.354 e. The Morgan fingerprint density at radius 1 is 1.45 bits per heavy atom. The molecule has 5 nitrogen and oxygen atoms in total. The van der Waals surface area contributed by atoms with Gasteiger partial charge in [-0.15, -0.1) is 0 Å². The van der Waals surface area contributed by atoms with Crippen molar-refractivity contribution in [2.24, 2.45) is 5.92 Å². The zero-order valence-electron chi connectivity index (χ0n) is 12.4. The third-order valence-electron chi connectivity index (χ3n) is 3.73. The molecule has 0 bridgehead atoms.